The maximum atomic E-state index is 10.7. The van der Waals surface area contributed by atoms with Crippen LogP contribution in [-0.2, 0) is 27.3 Å². The Kier molecular flexibility index (Phi) is 10.6. The quantitative estimate of drug-likeness (QED) is 0.236. The van der Waals surface area contributed by atoms with Crippen molar-refractivity contribution < 1.29 is 31.1 Å². The fourth-order valence-electron chi connectivity index (χ4n) is 3.24. The van der Waals surface area contributed by atoms with Crippen LogP contribution in [0.5, 0.6) is 11.5 Å². The number of benzene rings is 4. The Labute approximate surface area is 217 Å². The third-order valence-electron chi connectivity index (χ3n) is 4.90. The molecule has 0 aliphatic rings. The van der Waals surface area contributed by atoms with E-state index >= 15 is 0 Å². The van der Waals surface area contributed by atoms with Crippen molar-refractivity contribution in [3.05, 3.63) is 119 Å². The number of rotatable bonds is 6. The average molecular weight is 569 g/mol. The summed E-state index contributed by atoms with van der Waals surface area (Å²) in [7, 11) is 9.87. The minimum atomic E-state index is -0.826. The molecule has 0 bridgehead atoms. The van der Waals surface area contributed by atoms with Gasteiger partial charge in [0.2, 0.25) is 0 Å². The molecule has 0 heterocycles. The molecule has 170 valence electrons. The van der Waals surface area contributed by atoms with Gasteiger partial charge in [0.1, 0.15) is 11.5 Å². The van der Waals surface area contributed by atoms with E-state index in [1.165, 1.54) is 0 Å². The van der Waals surface area contributed by atoms with E-state index in [0.717, 1.165) is 11.4 Å². The van der Waals surface area contributed by atoms with Crippen molar-refractivity contribution in [3.63, 3.8) is 0 Å². The number of hydrogen-bond donors (Lipinski definition) is 2. The Morgan fingerprint density at radius 2 is 0.971 bits per heavy atom. The first-order chi connectivity index (χ1) is 16.6. The Balaban J connectivity index is 0.00000103. The van der Waals surface area contributed by atoms with Crippen LogP contribution in [-0.4, -0.2) is 22.6 Å². The first kappa shape index (κ1) is 25.9. The number of hydrogen-bond acceptors (Lipinski definition) is 4. The van der Waals surface area contributed by atoms with Crippen molar-refractivity contribution >= 4 is 40.8 Å². The van der Waals surface area contributed by atoms with Crippen LogP contribution in [0.15, 0.2) is 107 Å². The number of nitrogens with zero attached hydrogens (tertiary/aromatic N) is 2. The zero-order valence-electron chi connectivity index (χ0n) is 18.1. The number of aliphatic imine (C=N–C) groups is 2. The zero-order chi connectivity index (χ0) is 24.2. The van der Waals surface area contributed by atoms with Crippen molar-refractivity contribution in [2.45, 2.75) is 6.42 Å². The van der Waals surface area contributed by atoms with E-state index < -0.39 is 20.8 Å². The molecule has 0 aromatic heterocycles. The molecule has 0 saturated carbocycles. The second-order valence-electron chi connectivity index (χ2n) is 7.15. The summed E-state index contributed by atoms with van der Waals surface area (Å²) in [6, 6.07) is 30.2. The Morgan fingerprint density at radius 3 is 1.35 bits per heavy atom. The number of para-hydroxylation sites is 4. The fraction of sp³-hybridized carbons (Fsp3) is 0.0370. The molecule has 34 heavy (non-hydrogen) atoms. The second-order valence-corrected chi connectivity index (χ2v) is 10.9. The van der Waals surface area contributed by atoms with Crippen molar-refractivity contribution in [2.75, 3.05) is 0 Å². The molecule has 4 aromatic rings. The van der Waals surface area contributed by atoms with Gasteiger partial charge in [0, 0.05) is 30.0 Å². The number of phenols is 2. The SMILES string of the molecule is Oc1c(C=Nc2ccccc2)cccc1Cc1cccc(C=Nc2ccccc2)c1O.[Cl][Zr][Cl]. The van der Waals surface area contributed by atoms with Gasteiger partial charge in [0.15, 0.2) is 0 Å². The van der Waals surface area contributed by atoms with Crippen LogP contribution in [0.25, 0.3) is 0 Å². The predicted octanol–water partition coefficient (Wildman–Crippen LogP) is 7.57. The number of halogens is 2. The van der Waals surface area contributed by atoms with Crippen LogP contribution in [0.1, 0.15) is 22.3 Å². The fourth-order valence-corrected chi connectivity index (χ4v) is 3.24. The molecule has 4 aromatic carbocycles. The predicted molar refractivity (Wildman–Crippen MR) is 138 cm³/mol. The van der Waals surface area contributed by atoms with Gasteiger partial charge in [-0.05, 0) is 47.5 Å². The molecule has 2 N–H and O–H groups in total. The van der Waals surface area contributed by atoms with Crippen molar-refractivity contribution in [1.29, 1.82) is 0 Å². The van der Waals surface area contributed by atoms with E-state index in [4.69, 9.17) is 17.0 Å². The molecule has 0 atom stereocenters. The van der Waals surface area contributed by atoms with E-state index in [0.29, 0.717) is 28.7 Å². The normalized spacial score (nSPS) is 10.8. The van der Waals surface area contributed by atoms with Gasteiger partial charge in [-0.3, -0.25) is 9.98 Å². The molecular weight excluding hydrogens is 546 g/mol. The number of aromatic hydroxyl groups is 2. The summed E-state index contributed by atoms with van der Waals surface area (Å²) < 4.78 is 0. The second kappa shape index (κ2) is 13.9. The summed E-state index contributed by atoms with van der Waals surface area (Å²) in [4.78, 5) is 8.84. The van der Waals surface area contributed by atoms with E-state index in [9.17, 15) is 10.2 Å². The Bertz CT molecular complexity index is 1150. The van der Waals surface area contributed by atoms with Crippen LogP contribution in [0.4, 0.5) is 11.4 Å². The Morgan fingerprint density at radius 1 is 0.588 bits per heavy atom. The van der Waals surface area contributed by atoms with Gasteiger partial charge in [0.25, 0.3) is 0 Å². The molecule has 0 radical (unpaired) electrons. The van der Waals surface area contributed by atoms with Gasteiger partial charge in [-0.25, -0.2) is 0 Å². The Hall–Kier alpha value is -2.72. The maximum absolute atomic E-state index is 10.7. The van der Waals surface area contributed by atoms with Gasteiger partial charge in [-0.1, -0.05) is 60.7 Å². The molecule has 0 amide bonds. The summed E-state index contributed by atoms with van der Waals surface area (Å²) in [6.07, 6.45) is 3.69. The molecule has 4 rings (SSSR count). The molecular formula is C27H22Cl2N2O2Zr. The van der Waals surface area contributed by atoms with E-state index in [2.05, 4.69) is 9.98 Å². The van der Waals surface area contributed by atoms with Gasteiger partial charge < -0.3 is 10.2 Å². The van der Waals surface area contributed by atoms with Gasteiger partial charge in [-0.15, -0.1) is 0 Å². The van der Waals surface area contributed by atoms with E-state index in [1.807, 2.05) is 97.1 Å². The third kappa shape index (κ3) is 7.66. The zero-order valence-corrected chi connectivity index (χ0v) is 22.1. The van der Waals surface area contributed by atoms with Gasteiger partial charge in [-0.2, -0.15) is 0 Å². The first-order valence-electron chi connectivity index (χ1n) is 10.4. The summed E-state index contributed by atoms with van der Waals surface area (Å²) in [5, 5.41) is 21.5. The molecule has 0 saturated heterocycles. The molecule has 0 fully saturated rings. The topological polar surface area (TPSA) is 65.2 Å². The standard InChI is InChI=1S/C27H22N2O2.2ClH.Zr/c30-26-20(9-7-11-22(26)18-28-24-13-3-1-4-14-24)17-21-10-8-12-23(27(21)31)19-29-25-15-5-2-6-16-25;;;/h1-16,18-19,30-31H,17H2;2*1H;/q;;;+2/p-2. The van der Waals surface area contributed by atoms with Crippen LogP contribution in [0.3, 0.4) is 0 Å². The summed E-state index contributed by atoms with van der Waals surface area (Å²) >= 11 is -0.826. The van der Waals surface area contributed by atoms with Gasteiger partial charge >= 0.3 is 37.9 Å². The van der Waals surface area contributed by atoms with E-state index in [-0.39, 0.29) is 11.5 Å². The molecule has 0 aliphatic heterocycles. The first-order valence-corrected chi connectivity index (χ1v) is 16.7. The van der Waals surface area contributed by atoms with Gasteiger partial charge in [0.05, 0.1) is 11.4 Å². The van der Waals surface area contributed by atoms with Crippen LogP contribution in [0, 0.1) is 0 Å². The molecule has 4 nitrogen and oxygen atoms in total. The minimum absolute atomic E-state index is 0.157. The van der Waals surface area contributed by atoms with Crippen molar-refractivity contribution in [2.24, 2.45) is 9.98 Å². The summed E-state index contributed by atoms with van der Waals surface area (Å²) in [5.41, 5.74) is 4.31. The molecule has 0 aliphatic carbocycles. The third-order valence-corrected chi connectivity index (χ3v) is 4.90. The molecule has 7 heteroatoms. The van der Waals surface area contributed by atoms with Crippen LogP contribution < -0.4 is 0 Å². The summed E-state index contributed by atoms with van der Waals surface area (Å²) in [5.74, 6) is 0.315. The molecule has 0 spiro atoms. The van der Waals surface area contributed by atoms with Crippen molar-refractivity contribution in [3.8, 4) is 11.5 Å². The van der Waals surface area contributed by atoms with Crippen LogP contribution in [0.2, 0.25) is 0 Å². The summed E-state index contributed by atoms with van der Waals surface area (Å²) in [6.45, 7) is 0. The monoisotopic (exact) mass is 566 g/mol. The average Bonchev–Trinajstić information content (AvgIpc) is 2.87. The van der Waals surface area contributed by atoms with E-state index in [1.54, 1.807) is 12.4 Å². The molecule has 0 unspecified atom stereocenters. The van der Waals surface area contributed by atoms with Crippen LogP contribution >= 0.6 is 17.0 Å². The number of phenolic OH excluding ortho intramolecular Hbond substituents is 2. The van der Waals surface area contributed by atoms with Crippen molar-refractivity contribution in [1.82, 2.24) is 0 Å².